The van der Waals surface area contributed by atoms with E-state index >= 15 is 0 Å². The van der Waals surface area contributed by atoms with Gasteiger partial charge < -0.3 is 10.6 Å². The van der Waals surface area contributed by atoms with E-state index in [9.17, 15) is 0 Å². The molecule has 0 aliphatic carbocycles. The molecule has 0 bridgehead atoms. The van der Waals surface area contributed by atoms with Gasteiger partial charge in [0.1, 0.15) is 12.2 Å². The minimum atomic E-state index is 0. The van der Waals surface area contributed by atoms with Gasteiger partial charge in [-0.05, 0) is 25.8 Å². The van der Waals surface area contributed by atoms with Crippen LogP contribution in [0.15, 0.2) is 23.7 Å². The molecule has 8 nitrogen and oxygen atoms in total. The van der Waals surface area contributed by atoms with E-state index in [1.807, 2.05) is 28.7 Å². The minimum Gasteiger partial charge on any atom is -0.357 e. The molecule has 1 aliphatic rings. The number of halogens is 1. The summed E-state index contributed by atoms with van der Waals surface area (Å²) in [7, 11) is 0. The van der Waals surface area contributed by atoms with E-state index in [2.05, 4.69) is 37.7 Å². The van der Waals surface area contributed by atoms with Gasteiger partial charge >= 0.3 is 0 Å². The number of hydrogen-bond donors (Lipinski definition) is 2. The van der Waals surface area contributed by atoms with Crippen LogP contribution in [0.2, 0.25) is 0 Å². The Hall–Kier alpha value is -1.65. The van der Waals surface area contributed by atoms with Gasteiger partial charge in [-0.1, -0.05) is 0 Å². The molecule has 3 rings (SSSR count). The summed E-state index contributed by atoms with van der Waals surface area (Å²) in [6.07, 6.45) is 7.52. The number of fused-ring (bicyclic) bond motifs is 1. The molecule has 1 unspecified atom stereocenters. The largest absolute Gasteiger partial charge is 0.357 e. The lowest BCUT2D eigenvalue weighted by atomic mass is 10.1. The molecule has 9 heteroatoms. The standard InChI is InChI=1S/C15H24N8.HI/c1-3-16-15(17-6-7-22-9-12(2)8-19-22)21-13-4-5-14-18-11-20-23(14)10-13;/h8-9,11,13H,3-7,10H2,1-2H3,(H2,16,17,21);1H. The molecular weight excluding hydrogens is 419 g/mol. The lowest BCUT2D eigenvalue weighted by Gasteiger charge is -2.25. The van der Waals surface area contributed by atoms with E-state index in [1.165, 1.54) is 5.56 Å². The molecule has 1 aliphatic heterocycles. The Bertz CT molecular complexity index is 662. The van der Waals surface area contributed by atoms with E-state index in [-0.39, 0.29) is 24.0 Å². The summed E-state index contributed by atoms with van der Waals surface area (Å²) < 4.78 is 3.89. The van der Waals surface area contributed by atoms with Gasteiger partial charge in [0.15, 0.2) is 5.96 Å². The third-order valence-electron chi connectivity index (χ3n) is 3.85. The molecule has 2 N–H and O–H groups in total. The zero-order valence-corrected chi connectivity index (χ0v) is 16.5. The van der Waals surface area contributed by atoms with Gasteiger partial charge in [0.05, 0.1) is 25.8 Å². The number of hydrogen-bond acceptors (Lipinski definition) is 4. The first kappa shape index (κ1) is 18.7. The fraction of sp³-hybridized carbons (Fsp3) is 0.600. The Morgan fingerprint density at radius 1 is 1.42 bits per heavy atom. The summed E-state index contributed by atoms with van der Waals surface area (Å²) in [6, 6.07) is 0.328. The lowest BCUT2D eigenvalue weighted by molar-refractivity contribution is 0.392. The highest BCUT2D eigenvalue weighted by Crippen LogP contribution is 2.11. The highest BCUT2D eigenvalue weighted by atomic mass is 127. The Labute approximate surface area is 159 Å². The molecule has 2 aromatic heterocycles. The van der Waals surface area contributed by atoms with E-state index in [1.54, 1.807) is 6.33 Å². The van der Waals surface area contributed by atoms with Crippen molar-refractivity contribution in [2.24, 2.45) is 4.99 Å². The van der Waals surface area contributed by atoms with Crippen molar-refractivity contribution in [2.75, 3.05) is 13.1 Å². The van der Waals surface area contributed by atoms with Gasteiger partial charge in [0.2, 0.25) is 0 Å². The van der Waals surface area contributed by atoms with Crippen LogP contribution < -0.4 is 10.6 Å². The number of guanidine groups is 1. The van der Waals surface area contributed by atoms with E-state index in [0.29, 0.717) is 12.6 Å². The number of aryl methyl sites for hydroxylation is 2. The van der Waals surface area contributed by atoms with Crippen molar-refractivity contribution < 1.29 is 0 Å². The molecule has 1 atom stereocenters. The van der Waals surface area contributed by atoms with E-state index in [0.717, 1.165) is 44.3 Å². The van der Waals surface area contributed by atoms with Crippen molar-refractivity contribution in [1.29, 1.82) is 0 Å². The zero-order valence-electron chi connectivity index (χ0n) is 14.1. The SMILES string of the molecule is CCNC(=NCCn1cc(C)cn1)NC1CCc2ncnn2C1.I. The van der Waals surface area contributed by atoms with Crippen molar-refractivity contribution in [1.82, 2.24) is 35.2 Å². The summed E-state index contributed by atoms with van der Waals surface area (Å²) in [5.74, 6) is 1.92. The second kappa shape index (κ2) is 9.00. The molecule has 132 valence electrons. The summed E-state index contributed by atoms with van der Waals surface area (Å²) >= 11 is 0. The van der Waals surface area contributed by atoms with Crippen LogP contribution in [-0.4, -0.2) is 49.6 Å². The smallest absolute Gasteiger partial charge is 0.191 e. The Kier molecular flexibility index (Phi) is 7.00. The lowest BCUT2D eigenvalue weighted by Crippen LogP contribution is -2.47. The average Bonchev–Trinajstić information content (AvgIpc) is 3.16. The highest BCUT2D eigenvalue weighted by molar-refractivity contribution is 14.0. The topological polar surface area (TPSA) is 84.9 Å². The molecule has 0 fully saturated rings. The Morgan fingerprint density at radius 3 is 3.04 bits per heavy atom. The van der Waals surface area contributed by atoms with Crippen LogP contribution in [0.1, 0.15) is 24.7 Å². The fourth-order valence-electron chi connectivity index (χ4n) is 2.72. The summed E-state index contributed by atoms with van der Waals surface area (Å²) in [5.41, 5.74) is 1.17. The molecule has 0 radical (unpaired) electrons. The normalized spacial score (nSPS) is 17.1. The first-order chi connectivity index (χ1) is 11.2. The predicted octanol–water partition coefficient (Wildman–Crippen LogP) is 0.971. The maximum absolute atomic E-state index is 4.64. The molecule has 2 aromatic rings. The third kappa shape index (κ3) is 4.92. The molecule has 0 saturated carbocycles. The molecular formula is C15H25IN8. The molecule has 3 heterocycles. The first-order valence-electron chi connectivity index (χ1n) is 8.15. The molecule has 0 saturated heterocycles. The van der Waals surface area contributed by atoms with Crippen LogP contribution in [0.3, 0.4) is 0 Å². The maximum Gasteiger partial charge on any atom is 0.191 e. The summed E-state index contributed by atoms with van der Waals surface area (Å²) in [6.45, 7) is 7.26. The second-order valence-electron chi connectivity index (χ2n) is 5.78. The van der Waals surface area contributed by atoms with Crippen LogP contribution in [0.5, 0.6) is 0 Å². The molecule has 0 aromatic carbocycles. The van der Waals surface area contributed by atoms with Gasteiger partial charge in [0.25, 0.3) is 0 Å². The van der Waals surface area contributed by atoms with Crippen LogP contribution in [0.25, 0.3) is 0 Å². The average molecular weight is 444 g/mol. The second-order valence-corrected chi connectivity index (χ2v) is 5.78. The fourth-order valence-corrected chi connectivity index (χ4v) is 2.72. The summed E-state index contributed by atoms with van der Waals surface area (Å²) in [4.78, 5) is 8.90. The van der Waals surface area contributed by atoms with E-state index in [4.69, 9.17) is 0 Å². The van der Waals surface area contributed by atoms with Gasteiger partial charge in [-0.25, -0.2) is 9.67 Å². The van der Waals surface area contributed by atoms with E-state index < -0.39 is 0 Å². The third-order valence-corrected chi connectivity index (χ3v) is 3.85. The number of nitrogens with one attached hydrogen (secondary N) is 2. The minimum absolute atomic E-state index is 0. The van der Waals surface area contributed by atoms with Gasteiger partial charge in [-0.3, -0.25) is 9.67 Å². The highest BCUT2D eigenvalue weighted by Gasteiger charge is 2.20. The Balaban J connectivity index is 0.00000208. The van der Waals surface area contributed by atoms with Crippen molar-refractivity contribution >= 4 is 29.9 Å². The van der Waals surface area contributed by atoms with Crippen molar-refractivity contribution in [3.8, 4) is 0 Å². The number of nitrogens with zero attached hydrogens (tertiary/aromatic N) is 6. The zero-order chi connectivity index (χ0) is 16.1. The van der Waals surface area contributed by atoms with Crippen LogP contribution in [0.4, 0.5) is 0 Å². The Morgan fingerprint density at radius 2 is 2.29 bits per heavy atom. The van der Waals surface area contributed by atoms with Gasteiger partial charge in [-0.15, -0.1) is 24.0 Å². The number of aliphatic imine (C=N–C) groups is 1. The monoisotopic (exact) mass is 444 g/mol. The number of aromatic nitrogens is 5. The number of rotatable bonds is 5. The van der Waals surface area contributed by atoms with Crippen LogP contribution in [-0.2, 0) is 19.5 Å². The van der Waals surface area contributed by atoms with Crippen molar-refractivity contribution in [2.45, 2.75) is 45.8 Å². The predicted molar refractivity (Wildman–Crippen MR) is 104 cm³/mol. The quantitative estimate of drug-likeness (QED) is 0.408. The molecule has 0 spiro atoms. The van der Waals surface area contributed by atoms with Crippen LogP contribution >= 0.6 is 24.0 Å². The van der Waals surface area contributed by atoms with Crippen molar-refractivity contribution in [3.63, 3.8) is 0 Å². The summed E-state index contributed by atoms with van der Waals surface area (Å²) in [5, 5.41) is 15.3. The molecule has 0 amide bonds. The van der Waals surface area contributed by atoms with Crippen LogP contribution in [0, 0.1) is 6.92 Å². The first-order valence-corrected chi connectivity index (χ1v) is 8.15. The van der Waals surface area contributed by atoms with Gasteiger partial charge in [-0.2, -0.15) is 10.2 Å². The van der Waals surface area contributed by atoms with Crippen molar-refractivity contribution in [3.05, 3.63) is 30.1 Å². The maximum atomic E-state index is 4.64. The van der Waals surface area contributed by atoms with Gasteiger partial charge in [0, 0.05) is 25.2 Å². The molecule has 24 heavy (non-hydrogen) atoms.